The zero-order valence-corrected chi connectivity index (χ0v) is 20.8. The first-order valence-corrected chi connectivity index (χ1v) is 12.3. The summed E-state index contributed by atoms with van der Waals surface area (Å²) in [5, 5.41) is 11.2. The maximum Gasteiger partial charge on any atom is 0.142 e. The average molecular weight is 475 g/mol. The molecule has 34 heavy (non-hydrogen) atoms. The summed E-state index contributed by atoms with van der Waals surface area (Å²) in [6.45, 7) is 8.65. The predicted octanol–water partition coefficient (Wildman–Crippen LogP) is 5.85. The first kappa shape index (κ1) is 22.9. The van der Waals surface area contributed by atoms with Crippen molar-refractivity contribution < 1.29 is 5.11 Å². The molecule has 1 aliphatic rings. The zero-order chi connectivity index (χ0) is 23.8. The van der Waals surface area contributed by atoms with Gasteiger partial charge in [-0.2, -0.15) is 0 Å². The van der Waals surface area contributed by atoms with Crippen molar-refractivity contribution >= 4 is 28.3 Å². The van der Waals surface area contributed by atoms with Crippen molar-refractivity contribution in [3.8, 4) is 22.4 Å². The van der Waals surface area contributed by atoms with E-state index < -0.39 is 0 Å². The normalized spacial score (nSPS) is 14.9. The Morgan fingerprint density at radius 2 is 1.56 bits per heavy atom. The van der Waals surface area contributed by atoms with Gasteiger partial charge in [0.2, 0.25) is 0 Å². The number of halogens is 1. The van der Waals surface area contributed by atoms with Gasteiger partial charge in [0.05, 0.1) is 17.3 Å². The Bertz CT molecular complexity index is 1290. The van der Waals surface area contributed by atoms with Crippen LogP contribution in [0.25, 0.3) is 33.4 Å². The Kier molecular flexibility index (Phi) is 6.34. The van der Waals surface area contributed by atoms with Crippen molar-refractivity contribution in [3.63, 3.8) is 0 Å². The number of anilines is 1. The molecule has 0 radical (unpaired) electrons. The smallest absolute Gasteiger partial charge is 0.142 e. The van der Waals surface area contributed by atoms with Crippen molar-refractivity contribution in [2.45, 2.75) is 26.5 Å². The molecule has 2 aromatic heterocycles. The highest BCUT2D eigenvalue weighted by Crippen LogP contribution is 2.44. The van der Waals surface area contributed by atoms with Crippen LogP contribution in [-0.4, -0.2) is 52.8 Å². The van der Waals surface area contributed by atoms with E-state index in [9.17, 15) is 5.11 Å². The number of hydrogen-bond acceptors (Lipinski definition) is 4. The van der Waals surface area contributed by atoms with Gasteiger partial charge < -0.3 is 19.5 Å². The van der Waals surface area contributed by atoms with Crippen molar-refractivity contribution in [3.05, 3.63) is 71.4 Å². The fourth-order valence-corrected chi connectivity index (χ4v) is 5.16. The second-order valence-corrected chi connectivity index (χ2v) is 9.78. The summed E-state index contributed by atoms with van der Waals surface area (Å²) in [6, 6.07) is 19.0. The van der Waals surface area contributed by atoms with E-state index in [4.69, 9.17) is 16.6 Å². The van der Waals surface area contributed by atoms with E-state index in [-0.39, 0.29) is 12.6 Å². The van der Waals surface area contributed by atoms with Crippen LogP contribution in [0.15, 0.2) is 60.8 Å². The molecular weight excluding hydrogens is 444 g/mol. The number of pyridine rings is 1. The third kappa shape index (κ3) is 4.09. The molecule has 176 valence electrons. The number of aliphatic hydroxyl groups is 1. The van der Waals surface area contributed by atoms with Crippen LogP contribution in [0.4, 0.5) is 5.69 Å². The van der Waals surface area contributed by atoms with Crippen LogP contribution in [-0.2, 0) is 6.61 Å². The van der Waals surface area contributed by atoms with Crippen LogP contribution in [0.2, 0.25) is 5.02 Å². The van der Waals surface area contributed by atoms with Crippen molar-refractivity contribution in [1.29, 1.82) is 0 Å². The van der Waals surface area contributed by atoms with E-state index in [0.717, 1.165) is 65.2 Å². The van der Waals surface area contributed by atoms with Gasteiger partial charge in [0.15, 0.2) is 0 Å². The minimum absolute atomic E-state index is 0.0248. The van der Waals surface area contributed by atoms with Gasteiger partial charge in [-0.15, -0.1) is 0 Å². The summed E-state index contributed by atoms with van der Waals surface area (Å²) in [7, 11) is 2.18. The molecule has 0 saturated carbocycles. The van der Waals surface area contributed by atoms with Crippen LogP contribution in [0.3, 0.4) is 0 Å². The highest BCUT2D eigenvalue weighted by atomic mass is 35.5. The van der Waals surface area contributed by atoms with Crippen LogP contribution in [0.5, 0.6) is 0 Å². The summed E-state index contributed by atoms with van der Waals surface area (Å²) in [6.07, 6.45) is 1.78. The van der Waals surface area contributed by atoms with Crippen LogP contribution in [0.1, 0.15) is 25.5 Å². The maximum atomic E-state index is 9.53. The molecule has 5 rings (SSSR count). The molecule has 0 aliphatic carbocycles. The SMILES string of the molecule is CC(C)n1c(-c2ccc(N3CCN(C)CC3)cc2)c(-c2ccc(CO)cc2)c2c(Cl)ccnc21. The number of hydrogen-bond donors (Lipinski definition) is 1. The van der Waals surface area contributed by atoms with Gasteiger partial charge >= 0.3 is 0 Å². The Morgan fingerprint density at radius 1 is 0.912 bits per heavy atom. The molecule has 5 nitrogen and oxygen atoms in total. The molecule has 1 saturated heterocycles. The lowest BCUT2D eigenvalue weighted by molar-refractivity contribution is 0.282. The van der Waals surface area contributed by atoms with E-state index in [0.29, 0.717) is 5.02 Å². The van der Waals surface area contributed by atoms with Gasteiger partial charge in [0.1, 0.15) is 5.65 Å². The summed E-state index contributed by atoms with van der Waals surface area (Å²) in [5.41, 5.74) is 7.44. The van der Waals surface area contributed by atoms with Crippen LogP contribution in [0, 0.1) is 0 Å². The van der Waals surface area contributed by atoms with Crippen LogP contribution < -0.4 is 4.90 Å². The monoisotopic (exact) mass is 474 g/mol. The van der Waals surface area contributed by atoms with Gasteiger partial charge in [0.25, 0.3) is 0 Å². The summed E-state index contributed by atoms with van der Waals surface area (Å²) < 4.78 is 2.29. The fourth-order valence-electron chi connectivity index (χ4n) is 4.93. The third-order valence-electron chi connectivity index (χ3n) is 6.79. The standard InChI is InChI=1S/C28H31ClN4O/c1-19(2)33-27(22-8-10-23(11-9-22)32-16-14-31(3)15-17-32)25(21-6-4-20(18-34)5-7-21)26-24(29)12-13-30-28(26)33/h4-13,19,34H,14-18H2,1-3H3. The number of benzene rings is 2. The van der Waals surface area contributed by atoms with Gasteiger partial charge in [0, 0.05) is 55.1 Å². The Labute approximate surface area is 206 Å². The summed E-state index contributed by atoms with van der Waals surface area (Å²) in [5.74, 6) is 0. The fraction of sp³-hybridized carbons (Fsp3) is 0.321. The maximum absolute atomic E-state index is 9.53. The quantitative estimate of drug-likeness (QED) is 0.394. The molecule has 6 heteroatoms. The molecule has 2 aromatic carbocycles. The number of rotatable bonds is 5. The highest BCUT2D eigenvalue weighted by molar-refractivity contribution is 6.37. The van der Waals surface area contributed by atoms with E-state index in [1.807, 2.05) is 18.2 Å². The molecule has 4 aromatic rings. The Morgan fingerprint density at radius 3 is 2.18 bits per heavy atom. The second kappa shape index (κ2) is 9.41. The molecule has 0 spiro atoms. The molecule has 1 N–H and O–H groups in total. The topological polar surface area (TPSA) is 44.5 Å². The lowest BCUT2D eigenvalue weighted by Crippen LogP contribution is -2.44. The summed E-state index contributed by atoms with van der Waals surface area (Å²) >= 11 is 6.78. The summed E-state index contributed by atoms with van der Waals surface area (Å²) in [4.78, 5) is 9.58. The first-order valence-electron chi connectivity index (χ1n) is 11.9. The second-order valence-electron chi connectivity index (χ2n) is 9.37. The highest BCUT2D eigenvalue weighted by Gasteiger charge is 2.24. The lowest BCUT2D eigenvalue weighted by atomic mass is 9.97. The Balaban J connectivity index is 1.69. The number of likely N-dealkylation sites (N-methyl/N-ethyl adjacent to an activating group) is 1. The van der Waals surface area contributed by atoms with Crippen molar-refractivity contribution in [2.75, 3.05) is 38.1 Å². The van der Waals surface area contributed by atoms with Crippen molar-refractivity contribution in [2.24, 2.45) is 0 Å². The predicted molar refractivity (Wildman–Crippen MR) is 142 cm³/mol. The van der Waals surface area contributed by atoms with Gasteiger partial charge in [-0.3, -0.25) is 0 Å². The molecule has 1 fully saturated rings. The van der Waals surface area contributed by atoms with E-state index in [1.54, 1.807) is 6.20 Å². The number of aliphatic hydroxyl groups excluding tert-OH is 1. The molecule has 0 bridgehead atoms. The third-order valence-corrected chi connectivity index (χ3v) is 7.10. The average Bonchev–Trinajstić information content (AvgIpc) is 3.21. The first-order chi connectivity index (χ1) is 16.5. The van der Waals surface area contributed by atoms with E-state index >= 15 is 0 Å². The van der Waals surface area contributed by atoms with Crippen molar-refractivity contribution in [1.82, 2.24) is 14.5 Å². The Hall–Kier alpha value is -2.86. The molecule has 3 heterocycles. The molecular formula is C28H31ClN4O. The van der Waals surface area contributed by atoms with E-state index in [2.05, 4.69) is 71.7 Å². The molecule has 0 amide bonds. The number of nitrogens with zero attached hydrogens (tertiary/aromatic N) is 4. The zero-order valence-electron chi connectivity index (χ0n) is 20.0. The molecule has 0 atom stereocenters. The van der Waals surface area contributed by atoms with Crippen LogP contribution >= 0.6 is 11.6 Å². The minimum atomic E-state index is 0.0248. The van der Waals surface area contributed by atoms with E-state index in [1.165, 1.54) is 5.69 Å². The van der Waals surface area contributed by atoms with Gasteiger partial charge in [-0.1, -0.05) is 48.0 Å². The number of piperazine rings is 1. The van der Waals surface area contributed by atoms with Gasteiger partial charge in [-0.05, 0) is 55.8 Å². The largest absolute Gasteiger partial charge is 0.392 e. The van der Waals surface area contributed by atoms with Gasteiger partial charge in [-0.25, -0.2) is 4.98 Å². The number of fused-ring (bicyclic) bond motifs is 1. The minimum Gasteiger partial charge on any atom is -0.392 e. The number of aromatic nitrogens is 2. The molecule has 1 aliphatic heterocycles. The molecule has 0 unspecified atom stereocenters. The lowest BCUT2D eigenvalue weighted by Gasteiger charge is -2.34.